The molecular weight excluding hydrogens is 448 g/mol. The zero-order valence-electron chi connectivity index (χ0n) is 19.1. The number of pyridine rings is 1. The first-order chi connectivity index (χ1) is 16.3. The summed E-state index contributed by atoms with van der Waals surface area (Å²) in [6.07, 6.45) is 1.64. The Morgan fingerprint density at radius 3 is 2.21 bits per heavy atom. The summed E-state index contributed by atoms with van der Waals surface area (Å²) in [6.45, 7) is 5.19. The van der Waals surface area contributed by atoms with Gasteiger partial charge in [-0.15, -0.1) is 0 Å². The molecule has 34 heavy (non-hydrogen) atoms. The maximum Gasteiger partial charge on any atom is 0.264 e. The molecule has 0 aliphatic rings. The first kappa shape index (κ1) is 23.6. The zero-order valence-corrected chi connectivity index (χ0v) is 19.9. The van der Waals surface area contributed by atoms with E-state index in [1.54, 1.807) is 48.7 Å². The van der Waals surface area contributed by atoms with Crippen molar-refractivity contribution >= 4 is 26.8 Å². The maximum absolute atomic E-state index is 12.7. The zero-order chi connectivity index (χ0) is 24.1. The molecule has 1 amide bonds. The molecule has 0 unspecified atom stereocenters. The Hall–Kier alpha value is -3.55. The predicted molar refractivity (Wildman–Crippen MR) is 132 cm³/mol. The molecule has 0 saturated heterocycles. The van der Waals surface area contributed by atoms with E-state index < -0.39 is 15.9 Å². The van der Waals surface area contributed by atoms with Crippen LogP contribution in [0.5, 0.6) is 0 Å². The van der Waals surface area contributed by atoms with Gasteiger partial charge in [0.15, 0.2) is 0 Å². The number of fused-ring (bicyclic) bond motifs is 1. The van der Waals surface area contributed by atoms with Crippen molar-refractivity contribution in [1.82, 2.24) is 9.71 Å². The van der Waals surface area contributed by atoms with Gasteiger partial charge in [0.1, 0.15) is 0 Å². The molecule has 174 valence electrons. The second kappa shape index (κ2) is 10.2. The Labute approximate surface area is 199 Å². The Morgan fingerprint density at radius 1 is 0.912 bits per heavy atom. The molecule has 0 aliphatic heterocycles. The maximum atomic E-state index is 12.7. The van der Waals surface area contributed by atoms with Crippen LogP contribution in [0.3, 0.4) is 0 Å². The Morgan fingerprint density at radius 2 is 1.56 bits per heavy atom. The van der Waals surface area contributed by atoms with Crippen molar-refractivity contribution in [1.29, 1.82) is 0 Å². The van der Waals surface area contributed by atoms with Gasteiger partial charge in [-0.2, -0.15) is 0 Å². The number of hydrogen-bond acceptors (Lipinski definition) is 5. The van der Waals surface area contributed by atoms with Gasteiger partial charge in [0.05, 0.1) is 23.6 Å². The Kier molecular flexibility index (Phi) is 7.05. The lowest BCUT2D eigenvalue weighted by molar-refractivity contribution is 0.0980. The number of nitrogens with one attached hydrogen (secondary N) is 1. The minimum atomic E-state index is -4.01. The molecule has 0 radical (unpaired) electrons. The normalized spacial score (nSPS) is 11.6. The Bertz CT molecular complexity index is 1400. The van der Waals surface area contributed by atoms with E-state index in [-0.39, 0.29) is 10.5 Å². The fourth-order valence-corrected chi connectivity index (χ4v) is 4.51. The highest BCUT2D eigenvalue weighted by atomic mass is 32.2. The molecule has 6 nitrogen and oxygen atoms in total. The molecule has 0 aliphatic carbocycles. The van der Waals surface area contributed by atoms with Crippen LogP contribution in [0.25, 0.3) is 10.9 Å². The van der Waals surface area contributed by atoms with E-state index in [1.807, 2.05) is 0 Å². The lowest BCUT2D eigenvalue weighted by Crippen LogP contribution is -2.30. The van der Waals surface area contributed by atoms with Gasteiger partial charge in [0, 0.05) is 17.1 Å². The molecule has 1 aromatic heterocycles. The molecule has 1 heterocycles. The molecular formula is C27H26N2O4S. The van der Waals surface area contributed by atoms with Crippen LogP contribution in [-0.4, -0.2) is 19.3 Å². The van der Waals surface area contributed by atoms with Gasteiger partial charge in [-0.05, 0) is 59.0 Å². The first-order valence-electron chi connectivity index (χ1n) is 11.0. The van der Waals surface area contributed by atoms with Gasteiger partial charge in [0.2, 0.25) is 0 Å². The van der Waals surface area contributed by atoms with Crippen LogP contribution in [0.4, 0.5) is 0 Å². The van der Waals surface area contributed by atoms with Gasteiger partial charge in [-0.3, -0.25) is 9.78 Å². The minimum absolute atomic E-state index is 0.00722. The molecule has 0 bridgehead atoms. The van der Waals surface area contributed by atoms with Crippen LogP contribution in [0, 0.1) is 0 Å². The van der Waals surface area contributed by atoms with Crippen LogP contribution in [0.2, 0.25) is 0 Å². The standard InChI is InChI=1S/C27H26N2O4S/c1-19(2)22-9-5-20(6-10-22)17-33-18-21-7-11-23(12-8-21)27(30)29-34(31,32)25-13-14-26-24(16-25)4-3-15-28-26/h3-16,19H,17-18H2,1-2H3,(H,29,30). The van der Waals surface area contributed by atoms with E-state index >= 15 is 0 Å². The summed E-state index contributed by atoms with van der Waals surface area (Å²) < 4.78 is 33.3. The monoisotopic (exact) mass is 474 g/mol. The van der Waals surface area contributed by atoms with Gasteiger partial charge in [-0.25, -0.2) is 13.1 Å². The highest BCUT2D eigenvalue weighted by molar-refractivity contribution is 7.90. The van der Waals surface area contributed by atoms with Crippen molar-refractivity contribution in [2.45, 2.75) is 37.9 Å². The third-order valence-electron chi connectivity index (χ3n) is 5.51. The van der Waals surface area contributed by atoms with Crippen LogP contribution in [0.1, 0.15) is 46.8 Å². The number of hydrogen-bond donors (Lipinski definition) is 1. The number of carbonyl (C=O) groups excluding carboxylic acids is 1. The lowest BCUT2D eigenvalue weighted by Gasteiger charge is -2.09. The Balaban J connectivity index is 1.34. The summed E-state index contributed by atoms with van der Waals surface area (Å²) in [4.78, 5) is 16.7. The molecule has 4 rings (SSSR count). The fourth-order valence-electron chi connectivity index (χ4n) is 3.50. The van der Waals surface area contributed by atoms with Crippen molar-refractivity contribution in [2.24, 2.45) is 0 Å². The predicted octanol–water partition coefficient (Wildman–Crippen LogP) is 5.19. The van der Waals surface area contributed by atoms with Crippen molar-refractivity contribution < 1.29 is 17.9 Å². The number of benzene rings is 3. The van der Waals surface area contributed by atoms with Crippen LogP contribution < -0.4 is 4.72 Å². The van der Waals surface area contributed by atoms with E-state index in [0.717, 1.165) is 11.1 Å². The van der Waals surface area contributed by atoms with Crippen LogP contribution >= 0.6 is 0 Å². The number of sulfonamides is 1. The smallest absolute Gasteiger partial charge is 0.264 e. The van der Waals surface area contributed by atoms with E-state index in [1.165, 1.54) is 17.7 Å². The molecule has 0 saturated carbocycles. The van der Waals surface area contributed by atoms with Crippen molar-refractivity contribution in [3.63, 3.8) is 0 Å². The topological polar surface area (TPSA) is 85.4 Å². The second-order valence-corrected chi connectivity index (χ2v) is 10.1. The third kappa shape index (κ3) is 5.68. The number of amides is 1. The van der Waals surface area contributed by atoms with Crippen LogP contribution in [0.15, 0.2) is 90.0 Å². The van der Waals surface area contributed by atoms with Crippen molar-refractivity contribution in [2.75, 3.05) is 0 Å². The highest BCUT2D eigenvalue weighted by Gasteiger charge is 2.19. The molecule has 3 aromatic carbocycles. The lowest BCUT2D eigenvalue weighted by atomic mass is 10.0. The first-order valence-corrected chi connectivity index (χ1v) is 12.5. The largest absolute Gasteiger partial charge is 0.372 e. The molecule has 0 spiro atoms. The van der Waals surface area contributed by atoms with Crippen molar-refractivity contribution in [3.05, 3.63) is 107 Å². The number of carbonyl (C=O) groups is 1. The number of nitrogens with zero attached hydrogens (tertiary/aromatic N) is 1. The molecule has 1 N–H and O–H groups in total. The van der Waals surface area contributed by atoms with Crippen LogP contribution in [-0.2, 0) is 28.0 Å². The molecule has 4 aromatic rings. The number of ether oxygens (including phenoxy) is 1. The van der Waals surface area contributed by atoms with E-state index in [0.29, 0.717) is 30.0 Å². The average Bonchev–Trinajstić information content (AvgIpc) is 2.84. The third-order valence-corrected chi connectivity index (χ3v) is 6.84. The summed E-state index contributed by atoms with van der Waals surface area (Å²) in [7, 11) is -4.01. The van der Waals surface area contributed by atoms with Gasteiger partial charge in [0.25, 0.3) is 15.9 Å². The number of aromatic nitrogens is 1. The van der Waals surface area contributed by atoms with E-state index in [4.69, 9.17) is 4.74 Å². The van der Waals surface area contributed by atoms with Gasteiger partial charge < -0.3 is 4.74 Å². The summed E-state index contributed by atoms with van der Waals surface area (Å²) in [5.74, 6) is -0.200. The summed E-state index contributed by atoms with van der Waals surface area (Å²) >= 11 is 0. The quantitative estimate of drug-likeness (QED) is 0.380. The number of rotatable bonds is 8. The minimum Gasteiger partial charge on any atom is -0.372 e. The highest BCUT2D eigenvalue weighted by Crippen LogP contribution is 2.18. The molecule has 0 atom stereocenters. The SMILES string of the molecule is CC(C)c1ccc(COCc2ccc(C(=O)NS(=O)(=O)c3ccc4ncccc4c3)cc2)cc1. The average molecular weight is 475 g/mol. The second-order valence-electron chi connectivity index (χ2n) is 8.38. The van der Waals surface area contributed by atoms with Gasteiger partial charge >= 0.3 is 0 Å². The summed E-state index contributed by atoms with van der Waals surface area (Å²) in [6, 6.07) is 23.1. The molecule has 0 fully saturated rings. The summed E-state index contributed by atoms with van der Waals surface area (Å²) in [5, 5.41) is 0.679. The van der Waals surface area contributed by atoms with E-state index in [9.17, 15) is 13.2 Å². The summed E-state index contributed by atoms with van der Waals surface area (Å²) in [5.41, 5.74) is 4.20. The van der Waals surface area contributed by atoms with E-state index in [2.05, 4.69) is 47.8 Å². The fraction of sp³-hybridized carbons (Fsp3) is 0.185. The van der Waals surface area contributed by atoms with Crippen molar-refractivity contribution in [3.8, 4) is 0 Å². The van der Waals surface area contributed by atoms with Gasteiger partial charge in [-0.1, -0.05) is 56.3 Å². The molecule has 7 heteroatoms.